The van der Waals surface area contributed by atoms with Crippen molar-refractivity contribution in [1.82, 2.24) is 0 Å². The maximum absolute atomic E-state index is 6.82. The Hall–Kier alpha value is -0.500. The third-order valence-electron chi connectivity index (χ3n) is 5.45. The highest BCUT2D eigenvalue weighted by Gasteiger charge is 2.23. The molecule has 0 aromatic rings. The van der Waals surface area contributed by atoms with Crippen LogP contribution in [0.5, 0.6) is 0 Å². The lowest BCUT2D eigenvalue weighted by Crippen LogP contribution is -2.27. The van der Waals surface area contributed by atoms with Gasteiger partial charge in [0.05, 0.1) is 12.2 Å². The second-order valence-corrected chi connectivity index (χ2v) is 8.36. The maximum Gasteiger partial charge on any atom is 0.0796 e. The molecule has 0 fully saturated rings. The second kappa shape index (κ2) is 14.5. The molecule has 2 aliphatic rings. The van der Waals surface area contributed by atoms with E-state index in [9.17, 15) is 0 Å². The van der Waals surface area contributed by atoms with Crippen LogP contribution < -0.4 is 0 Å². The molecule has 0 saturated heterocycles. The van der Waals surface area contributed by atoms with Crippen molar-refractivity contribution < 1.29 is 4.74 Å². The molecule has 0 N–H and O–H groups in total. The molecule has 0 amide bonds. The molecule has 2 rings (SSSR count). The molecular formula is C24H36Cl2O. The highest BCUT2D eigenvalue weighted by Crippen LogP contribution is 2.29. The van der Waals surface area contributed by atoms with Gasteiger partial charge in [-0.05, 0) is 62.5 Å². The monoisotopic (exact) mass is 410 g/mol. The summed E-state index contributed by atoms with van der Waals surface area (Å²) in [5.74, 6) is 1.53. The fourth-order valence-electron chi connectivity index (χ4n) is 3.86. The molecule has 27 heavy (non-hydrogen) atoms. The Morgan fingerprint density at radius 1 is 0.704 bits per heavy atom. The Morgan fingerprint density at radius 3 is 1.56 bits per heavy atom. The average molecular weight is 411 g/mol. The van der Waals surface area contributed by atoms with Crippen LogP contribution in [-0.4, -0.2) is 24.0 Å². The number of rotatable bonds is 14. The summed E-state index contributed by atoms with van der Waals surface area (Å²) in [5.41, 5.74) is 2.95. The number of alkyl halides is 2. The Balaban J connectivity index is 2.02. The Morgan fingerprint density at radius 2 is 1.19 bits per heavy atom. The van der Waals surface area contributed by atoms with Crippen LogP contribution in [0.4, 0.5) is 0 Å². The largest absolute Gasteiger partial charge is 0.366 e. The van der Waals surface area contributed by atoms with Gasteiger partial charge in [-0.3, -0.25) is 0 Å². The summed E-state index contributed by atoms with van der Waals surface area (Å²) in [7, 11) is 0. The molecule has 0 spiro atoms. The highest BCUT2D eigenvalue weighted by atomic mass is 35.5. The lowest BCUT2D eigenvalue weighted by molar-refractivity contribution is 0.0134. The minimum Gasteiger partial charge on any atom is -0.366 e. The zero-order valence-corrected chi connectivity index (χ0v) is 18.2. The first-order chi connectivity index (χ1) is 13.3. The zero-order chi connectivity index (χ0) is 19.2. The molecule has 0 saturated carbocycles. The van der Waals surface area contributed by atoms with E-state index in [1.165, 1.54) is 36.8 Å². The third kappa shape index (κ3) is 9.03. The van der Waals surface area contributed by atoms with Gasteiger partial charge >= 0.3 is 0 Å². The van der Waals surface area contributed by atoms with Gasteiger partial charge in [0.25, 0.3) is 0 Å². The van der Waals surface area contributed by atoms with E-state index in [1.807, 2.05) is 0 Å². The predicted octanol–water partition coefficient (Wildman–Crippen LogP) is 7.89. The van der Waals surface area contributed by atoms with E-state index in [0.717, 1.165) is 63.1 Å². The van der Waals surface area contributed by atoms with Crippen molar-refractivity contribution >= 4 is 23.2 Å². The molecule has 0 heterocycles. The Bertz CT molecular complexity index is 472. The predicted molar refractivity (Wildman–Crippen MR) is 120 cm³/mol. The van der Waals surface area contributed by atoms with Gasteiger partial charge in [0.2, 0.25) is 0 Å². The van der Waals surface area contributed by atoms with E-state index < -0.39 is 0 Å². The van der Waals surface area contributed by atoms with Crippen LogP contribution in [0.15, 0.2) is 47.6 Å². The number of unbranched alkanes of at least 4 members (excludes halogenated alkanes) is 4. The number of hydrogen-bond acceptors (Lipinski definition) is 1. The van der Waals surface area contributed by atoms with Crippen molar-refractivity contribution in [1.29, 1.82) is 0 Å². The van der Waals surface area contributed by atoms with Crippen LogP contribution in [-0.2, 0) is 4.74 Å². The SMILES string of the molecule is ClCCCCCC(OC(CCCCCCl)C1=CC=CCC1)C1=CC=CCC1. The van der Waals surface area contributed by atoms with Crippen molar-refractivity contribution in [2.24, 2.45) is 0 Å². The molecular weight excluding hydrogens is 375 g/mol. The van der Waals surface area contributed by atoms with Crippen molar-refractivity contribution in [3.05, 3.63) is 47.6 Å². The normalized spacial score (nSPS) is 18.9. The number of hydrogen-bond donors (Lipinski definition) is 0. The van der Waals surface area contributed by atoms with Crippen LogP contribution in [0.3, 0.4) is 0 Å². The first kappa shape index (κ1) is 22.8. The summed E-state index contributed by atoms with van der Waals surface area (Å²) in [6.07, 6.45) is 27.7. The minimum absolute atomic E-state index is 0.245. The van der Waals surface area contributed by atoms with Gasteiger partial charge in [-0.1, -0.05) is 62.1 Å². The number of allylic oxidation sites excluding steroid dienone is 6. The lowest BCUT2D eigenvalue weighted by Gasteiger charge is -2.30. The summed E-state index contributed by atoms with van der Waals surface area (Å²) in [6.45, 7) is 0. The standard InChI is InChI=1S/C24H36Cl2O/c25-19-11-3-9-17-23(21-13-5-1-6-14-21)27-24(18-10-4-12-20-26)22-15-7-2-8-16-22/h1-2,5,7,13,15,23-24H,3-4,6,8-12,14,16-20H2. The lowest BCUT2D eigenvalue weighted by atomic mass is 9.93. The van der Waals surface area contributed by atoms with Crippen molar-refractivity contribution in [2.75, 3.05) is 11.8 Å². The van der Waals surface area contributed by atoms with Crippen molar-refractivity contribution in [2.45, 2.75) is 89.3 Å². The molecule has 3 heteroatoms. The molecule has 2 aliphatic carbocycles. The van der Waals surface area contributed by atoms with Gasteiger partial charge in [-0.15, -0.1) is 23.2 Å². The first-order valence-corrected chi connectivity index (χ1v) is 11.9. The zero-order valence-electron chi connectivity index (χ0n) is 16.7. The first-order valence-electron chi connectivity index (χ1n) is 10.8. The summed E-state index contributed by atoms with van der Waals surface area (Å²) in [5, 5.41) is 0. The molecule has 0 radical (unpaired) electrons. The van der Waals surface area contributed by atoms with Crippen LogP contribution >= 0.6 is 23.2 Å². The van der Waals surface area contributed by atoms with E-state index in [4.69, 9.17) is 27.9 Å². The average Bonchev–Trinajstić information content (AvgIpc) is 2.73. The summed E-state index contributed by atoms with van der Waals surface area (Å²) in [6, 6.07) is 0. The van der Waals surface area contributed by atoms with Gasteiger partial charge < -0.3 is 4.74 Å². The topological polar surface area (TPSA) is 9.23 Å². The summed E-state index contributed by atoms with van der Waals surface area (Å²) in [4.78, 5) is 0. The Labute approximate surface area is 176 Å². The summed E-state index contributed by atoms with van der Waals surface area (Å²) < 4.78 is 6.82. The maximum atomic E-state index is 6.82. The Kier molecular flexibility index (Phi) is 12.2. The summed E-state index contributed by atoms with van der Waals surface area (Å²) >= 11 is 11.7. The molecule has 0 aromatic heterocycles. The van der Waals surface area contributed by atoms with Crippen LogP contribution in [0.2, 0.25) is 0 Å². The molecule has 1 nitrogen and oxygen atoms in total. The highest BCUT2D eigenvalue weighted by molar-refractivity contribution is 6.18. The molecule has 0 bridgehead atoms. The quantitative estimate of drug-likeness (QED) is 0.209. The van der Waals surface area contributed by atoms with Crippen LogP contribution in [0.1, 0.15) is 77.0 Å². The van der Waals surface area contributed by atoms with Gasteiger partial charge in [-0.2, -0.15) is 0 Å². The smallest absolute Gasteiger partial charge is 0.0796 e. The molecule has 0 aromatic carbocycles. The van der Waals surface area contributed by atoms with Gasteiger partial charge in [-0.25, -0.2) is 0 Å². The van der Waals surface area contributed by atoms with Crippen molar-refractivity contribution in [3.8, 4) is 0 Å². The second-order valence-electron chi connectivity index (χ2n) is 7.61. The molecule has 152 valence electrons. The number of ether oxygens (including phenoxy) is 1. The van der Waals surface area contributed by atoms with E-state index in [1.54, 1.807) is 0 Å². The van der Waals surface area contributed by atoms with E-state index >= 15 is 0 Å². The van der Waals surface area contributed by atoms with Crippen LogP contribution in [0, 0.1) is 0 Å². The number of halogens is 2. The molecule has 2 atom stereocenters. The van der Waals surface area contributed by atoms with Crippen LogP contribution in [0.25, 0.3) is 0 Å². The molecule has 2 unspecified atom stereocenters. The van der Waals surface area contributed by atoms with E-state index in [2.05, 4.69) is 36.5 Å². The fraction of sp³-hybridized carbons (Fsp3) is 0.667. The minimum atomic E-state index is 0.245. The van der Waals surface area contributed by atoms with Gasteiger partial charge in [0.1, 0.15) is 0 Å². The third-order valence-corrected chi connectivity index (χ3v) is 5.98. The van der Waals surface area contributed by atoms with Gasteiger partial charge in [0, 0.05) is 11.8 Å². The fourth-order valence-corrected chi connectivity index (χ4v) is 4.24. The van der Waals surface area contributed by atoms with Gasteiger partial charge in [0.15, 0.2) is 0 Å². The van der Waals surface area contributed by atoms with E-state index in [0.29, 0.717) is 0 Å². The van der Waals surface area contributed by atoms with E-state index in [-0.39, 0.29) is 12.2 Å². The van der Waals surface area contributed by atoms with Crippen molar-refractivity contribution in [3.63, 3.8) is 0 Å². The molecule has 0 aliphatic heterocycles.